The molecule has 2 aromatic heterocycles. The predicted octanol–water partition coefficient (Wildman–Crippen LogP) is 1.39. The van der Waals surface area contributed by atoms with E-state index in [0.717, 1.165) is 36.6 Å². The summed E-state index contributed by atoms with van der Waals surface area (Å²) >= 11 is 1.48. The largest absolute Gasteiger partial charge is 0.348 e. The summed E-state index contributed by atoms with van der Waals surface area (Å²) in [4.78, 5) is 22.7. The molecule has 1 N–H and O–H groups in total. The number of carbonyl (C=O) groups excluding carboxylic acids is 1. The van der Waals surface area contributed by atoms with Crippen molar-refractivity contribution in [1.29, 1.82) is 0 Å². The second-order valence-electron chi connectivity index (χ2n) is 5.14. The molecule has 21 heavy (non-hydrogen) atoms. The summed E-state index contributed by atoms with van der Waals surface area (Å²) < 4.78 is 1.73. The van der Waals surface area contributed by atoms with Crippen molar-refractivity contribution in [2.24, 2.45) is 0 Å². The van der Waals surface area contributed by atoms with E-state index in [1.54, 1.807) is 10.0 Å². The predicted molar refractivity (Wildman–Crippen MR) is 78.8 cm³/mol. The molecule has 114 valence electrons. The van der Waals surface area contributed by atoms with Crippen LogP contribution >= 0.6 is 11.3 Å². The lowest BCUT2D eigenvalue weighted by Crippen LogP contribution is -2.35. The van der Waals surface area contributed by atoms with E-state index in [2.05, 4.69) is 15.4 Å². The van der Waals surface area contributed by atoms with Crippen LogP contribution in [0.2, 0.25) is 0 Å². The topological polar surface area (TPSA) is 71.8 Å². The zero-order chi connectivity index (χ0) is 14.7. The summed E-state index contributed by atoms with van der Waals surface area (Å²) in [6, 6.07) is -0.117. The molecule has 3 rings (SSSR count). The summed E-state index contributed by atoms with van der Waals surface area (Å²) in [7, 11) is 0. The average Bonchev–Trinajstić information content (AvgIpc) is 3.07. The van der Waals surface area contributed by atoms with Crippen molar-refractivity contribution in [2.75, 3.05) is 19.7 Å². The van der Waals surface area contributed by atoms with Crippen LogP contribution in [0.1, 0.15) is 37.9 Å². The van der Waals surface area contributed by atoms with E-state index >= 15 is 0 Å². The highest BCUT2D eigenvalue weighted by molar-refractivity contribution is 7.14. The SMILES string of the molecule is CC(NC(=O)CCN1CCCCO1)c1cn2ncsc2n1. The zero-order valence-corrected chi connectivity index (χ0v) is 12.8. The van der Waals surface area contributed by atoms with Gasteiger partial charge in [-0.1, -0.05) is 11.3 Å². The molecule has 1 atom stereocenters. The third-order valence-corrected chi connectivity index (χ3v) is 4.18. The van der Waals surface area contributed by atoms with Crippen LogP contribution in [0.25, 0.3) is 4.96 Å². The number of hydrogen-bond acceptors (Lipinski definition) is 6. The van der Waals surface area contributed by atoms with Crippen molar-refractivity contribution in [1.82, 2.24) is 25.0 Å². The first-order valence-corrected chi connectivity index (χ1v) is 8.06. The number of carbonyl (C=O) groups is 1. The molecule has 0 spiro atoms. The van der Waals surface area contributed by atoms with Gasteiger partial charge in [0, 0.05) is 19.5 Å². The van der Waals surface area contributed by atoms with Crippen LogP contribution in [0.4, 0.5) is 0 Å². The number of amides is 1. The lowest BCUT2D eigenvalue weighted by atomic mass is 10.2. The maximum Gasteiger partial charge on any atom is 0.221 e. The van der Waals surface area contributed by atoms with Crippen molar-refractivity contribution < 1.29 is 9.63 Å². The number of nitrogens with one attached hydrogen (secondary N) is 1. The van der Waals surface area contributed by atoms with Gasteiger partial charge < -0.3 is 5.32 Å². The van der Waals surface area contributed by atoms with Crippen LogP contribution in [0.3, 0.4) is 0 Å². The van der Waals surface area contributed by atoms with Crippen molar-refractivity contribution in [3.05, 3.63) is 17.4 Å². The van der Waals surface area contributed by atoms with Gasteiger partial charge in [0.2, 0.25) is 10.9 Å². The van der Waals surface area contributed by atoms with Crippen LogP contribution in [-0.2, 0) is 9.63 Å². The Morgan fingerprint density at radius 2 is 2.48 bits per heavy atom. The van der Waals surface area contributed by atoms with Gasteiger partial charge in [-0.2, -0.15) is 10.2 Å². The highest BCUT2D eigenvalue weighted by atomic mass is 32.1. The van der Waals surface area contributed by atoms with Gasteiger partial charge in [-0.05, 0) is 19.8 Å². The molecular weight excluding hydrogens is 290 g/mol. The van der Waals surface area contributed by atoms with Gasteiger partial charge in [-0.15, -0.1) is 0 Å². The Morgan fingerprint density at radius 1 is 1.57 bits per heavy atom. The fourth-order valence-electron chi connectivity index (χ4n) is 2.30. The Bertz CT molecular complexity index is 576. The molecule has 0 bridgehead atoms. The third kappa shape index (κ3) is 3.58. The molecule has 1 saturated heterocycles. The van der Waals surface area contributed by atoms with Gasteiger partial charge in [-0.25, -0.2) is 9.50 Å². The molecule has 7 nitrogen and oxygen atoms in total. The fourth-order valence-corrected chi connectivity index (χ4v) is 2.91. The standard InChI is InChI=1S/C13H19N5O2S/c1-10(11-8-18-13(16-11)21-9-14-18)15-12(19)4-6-17-5-2-3-7-20-17/h8-10H,2-7H2,1H3,(H,15,19). The summed E-state index contributed by atoms with van der Waals surface area (Å²) in [6.07, 6.45) is 4.52. The van der Waals surface area contributed by atoms with E-state index in [-0.39, 0.29) is 11.9 Å². The third-order valence-electron chi connectivity index (χ3n) is 3.49. The van der Waals surface area contributed by atoms with Crippen molar-refractivity contribution in [2.45, 2.75) is 32.2 Å². The Kier molecular flexibility index (Phi) is 4.47. The first-order valence-electron chi connectivity index (χ1n) is 7.18. The molecule has 1 aliphatic heterocycles. The highest BCUT2D eigenvalue weighted by Gasteiger charge is 2.16. The van der Waals surface area contributed by atoms with Crippen molar-refractivity contribution >= 4 is 22.2 Å². The molecule has 0 aromatic carbocycles. The van der Waals surface area contributed by atoms with E-state index < -0.39 is 0 Å². The van der Waals surface area contributed by atoms with Gasteiger partial charge in [0.1, 0.15) is 5.51 Å². The first kappa shape index (κ1) is 14.4. The number of nitrogens with zero attached hydrogens (tertiary/aromatic N) is 4. The van der Waals surface area contributed by atoms with Crippen molar-refractivity contribution in [3.8, 4) is 0 Å². The molecule has 2 aromatic rings. The molecule has 1 amide bonds. The minimum Gasteiger partial charge on any atom is -0.348 e. The second kappa shape index (κ2) is 6.50. The quantitative estimate of drug-likeness (QED) is 0.903. The summed E-state index contributed by atoms with van der Waals surface area (Å²) in [5.41, 5.74) is 2.57. The maximum atomic E-state index is 12.0. The molecule has 0 saturated carbocycles. The minimum atomic E-state index is -0.117. The Hall–Kier alpha value is -1.51. The number of hydroxylamine groups is 2. The van der Waals surface area contributed by atoms with Crippen LogP contribution < -0.4 is 5.32 Å². The molecule has 1 aliphatic rings. The summed E-state index contributed by atoms with van der Waals surface area (Å²) in [5, 5.41) is 8.98. The van der Waals surface area contributed by atoms with E-state index in [4.69, 9.17) is 4.84 Å². The molecule has 0 radical (unpaired) electrons. The van der Waals surface area contributed by atoms with Gasteiger partial charge in [0.15, 0.2) is 0 Å². The molecule has 0 aliphatic carbocycles. The maximum absolute atomic E-state index is 12.0. The van der Waals surface area contributed by atoms with Crippen LogP contribution in [0, 0.1) is 0 Å². The highest BCUT2D eigenvalue weighted by Crippen LogP contribution is 2.15. The molecule has 3 heterocycles. The van der Waals surface area contributed by atoms with Crippen LogP contribution in [-0.4, -0.2) is 45.3 Å². The summed E-state index contributed by atoms with van der Waals surface area (Å²) in [6.45, 7) is 4.24. The van der Waals surface area contributed by atoms with E-state index in [0.29, 0.717) is 13.0 Å². The molecule has 1 fully saturated rings. The number of aromatic nitrogens is 3. The molecule has 8 heteroatoms. The van der Waals surface area contributed by atoms with Crippen molar-refractivity contribution in [3.63, 3.8) is 0 Å². The Morgan fingerprint density at radius 3 is 3.24 bits per heavy atom. The molecular formula is C13H19N5O2S. The van der Waals surface area contributed by atoms with Gasteiger partial charge in [-0.3, -0.25) is 9.63 Å². The lowest BCUT2D eigenvalue weighted by Gasteiger charge is -2.25. The number of hydrogen-bond donors (Lipinski definition) is 1. The number of rotatable bonds is 5. The average molecular weight is 309 g/mol. The normalized spacial score (nSPS) is 18.0. The van der Waals surface area contributed by atoms with E-state index in [9.17, 15) is 4.79 Å². The van der Waals surface area contributed by atoms with Gasteiger partial charge >= 0.3 is 0 Å². The number of imidazole rings is 1. The zero-order valence-electron chi connectivity index (χ0n) is 12.0. The Labute approximate surface area is 126 Å². The van der Waals surface area contributed by atoms with E-state index in [1.807, 2.05) is 18.2 Å². The monoisotopic (exact) mass is 309 g/mol. The smallest absolute Gasteiger partial charge is 0.221 e. The summed E-state index contributed by atoms with van der Waals surface area (Å²) in [5.74, 6) is 0.0148. The Balaban J connectivity index is 1.48. The van der Waals surface area contributed by atoms with Crippen LogP contribution in [0.5, 0.6) is 0 Å². The lowest BCUT2D eigenvalue weighted by molar-refractivity contribution is -0.181. The van der Waals surface area contributed by atoms with Crippen LogP contribution in [0.15, 0.2) is 11.7 Å². The fraction of sp³-hybridized carbons (Fsp3) is 0.615. The van der Waals surface area contributed by atoms with Gasteiger partial charge in [0.25, 0.3) is 0 Å². The van der Waals surface area contributed by atoms with Gasteiger partial charge in [0.05, 0.1) is 24.5 Å². The number of fused-ring (bicyclic) bond motifs is 1. The second-order valence-corrected chi connectivity index (χ2v) is 5.95. The first-order chi connectivity index (χ1) is 10.2. The van der Waals surface area contributed by atoms with E-state index in [1.165, 1.54) is 11.3 Å². The minimum absolute atomic E-state index is 0.0148. The molecule has 1 unspecified atom stereocenters.